The van der Waals surface area contributed by atoms with Gasteiger partial charge in [0.05, 0.1) is 4.90 Å². The Bertz CT molecular complexity index is 659. The lowest BCUT2D eigenvalue weighted by molar-refractivity contribution is -0.170. The number of carbonyl (C=O) groups excluding carboxylic acids is 1. The number of halogens is 4. The molecule has 22 heavy (non-hydrogen) atoms. The van der Waals surface area contributed by atoms with Crippen molar-refractivity contribution in [2.75, 3.05) is 11.4 Å². The van der Waals surface area contributed by atoms with Gasteiger partial charge in [-0.2, -0.15) is 13.2 Å². The highest BCUT2D eigenvalue weighted by molar-refractivity contribution is 8.13. The summed E-state index contributed by atoms with van der Waals surface area (Å²) in [5.41, 5.74) is 0.429. The zero-order valence-corrected chi connectivity index (χ0v) is 13.5. The van der Waals surface area contributed by atoms with Crippen LogP contribution in [0.3, 0.4) is 0 Å². The summed E-state index contributed by atoms with van der Waals surface area (Å²) in [4.78, 5) is 11.7. The minimum atomic E-state index is -4.97. The van der Waals surface area contributed by atoms with Crippen molar-refractivity contribution >= 4 is 31.3 Å². The molecule has 9 heteroatoms. The first kappa shape index (κ1) is 18.8. The van der Waals surface area contributed by atoms with E-state index in [1.807, 2.05) is 13.8 Å². The van der Waals surface area contributed by atoms with Gasteiger partial charge in [-0.3, -0.25) is 4.79 Å². The Morgan fingerprint density at radius 2 is 1.86 bits per heavy atom. The van der Waals surface area contributed by atoms with Crippen LogP contribution in [0, 0.1) is 0 Å². The molecule has 1 amide bonds. The molecule has 0 saturated carbocycles. The van der Waals surface area contributed by atoms with Gasteiger partial charge in [-0.25, -0.2) is 8.42 Å². The molecule has 1 aliphatic heterocycles. The van der Waals surface area contributed by atoms with Gasteiger partial charge in [0.2, 0.25) is 0 Å². The number of anilines is 1. The van der Waals surface area contributed by atoms with E-state index in [1.165, 1.54) is 12.1 Å². The van der Waals surface area contributed by atoms with E-state index in [4.69, 9.17) is 10.7 Å². The molecule has 0 spiro atoms. The smallest absolute Gasteiger partial charge is 0.304 e. The van der Waals surface area contributed by atoms with Crippen molar-refractivity contribution in [3.8, 4) is 0 Å². The van der Waals surface area contributed by atoms with Crippen LogP contribution >= 0.6 is 10.7 Å². The van der Waals surface area contributed by atoms with Gasteiger partial charge in [0, 0.05) is 22.9 Å². The number of alkyl halides is 3. The van der Waals surface area contributed by atoms with E-state index in [1.54, 1.807) is 0 Å². The number of hydrogen-bond acceptors (Lipinski definition) is 3. The lowest BCUT2D eigenvalue weighted by Gasteiger charge is -2.30. The Balaban J connectivity index is 0.00000116. The third kappa shape index (κ3) is 4.13. The van der Waals surface area contributed by atoms with Gasteiger partial charge in [-0.05, 0) is 36.6 Å². The van der Waals surface area contributed by atoms with Crippen LogP contribution in [0.4, 0.5) is 18.9 Å². The quantitative estimate of drug-likeness (QED) is 0.723. The number of benzene rings is 1. The predicted molar refractivity (Wildman–Crippen MR) is 77.6 cm³/mol. The molecular weight excluding hydrogens is 343 g/mol. The number of rotatable bonds is 1. The molecule has 0 aromatic heterocycles. The number of fused-ring (bicyclic) bond motifs is 1. The molecule has 1 aromatic carbocycles. The second-order valence-corrected chi connectivity index (χ2v) is 6.85. The van der Waals surface area contributed by atoms with E-state index >= 15 is 0 Å². The Morgan fingerprint density at radius 1 is 1.27 bits per heavy atom. The summed E-state index contributed by atoms with van der Waals surface area (Å²) < 4.78 is 59.9. The summed E-state index contributed by atoms with van der Waals surface area (Å²) in [6.07, 6.45) is -4.26. The van der Waals surface area contributed by atoms with E-state index in [9.17, 15) is 26.4 Å². The molecule has 1 aromatic rings. The van der Waals surface area contributed by atoms with Crippen molar-refractivity contribution in [3.05, 3.63) is 23.8 Å². The molecule has 0 radical (unpaired) electrons. The summed E-state index contributed by atoms with van der Waals surface area (Å²) in [6.45, 7) is 3.94. The molecular formula is C13H15ClF3NO3S. The number of carbonyl (C=O) groups is 1. The van der Waals surface area contributed by atoms with Gasteiger partial charge in [0.25, 0.3) is 9.05 Å². The first-order valence-corrected chi connectivity index (χ1v) is 8.88. The SMILES string of the molecule is CC.O=C(N1CCCc2cc(S(=O)(=O)Cl)ccc21)C(F)(F)F. The van der Waals surface area contributed by atoms with Crippen molar-refractivity contribution in [1.82, 2.24) is 0 Å². The van der Waals surface area contributed by atoms with E-state index in [0.717, 1.165) is 6.07 Å². The Labute approximate surface area is 131 Å². The molecule has 0 atom stereocenters. The summed E-state index contributed by atoms with van der Waals surface area (Å²) in [5.74, 6) is -1.96. The molecule has 0 fully saturated rings. The van der Waals surface area contributed by atoms with Crippen LogP contribution in [0.2, 0.25) is 0 Å². The predicted octanol–water partition coefficient (Wildman–Crippen LogP) is 3.48. The summed E-state index contributed by atoms with van der Waals surface area (Å²) >= 11 is 0. The molecule has 124 valence electrons. The molecule has 4 nitrogen and oxygen atoms in total. The van der Waals surface area contributed by atoms with E-state index in [-0.39, 0.29) is 17.1 Å². The summed E-state index contributed by atoms with van der Waals surface area (Å²) in [6, 6.07) is 3.46. The van der Waals surface area contributed by atoms with Crippen molar-refractivity contribution in [2.45, 2.75) is 37.8 Å². The summed E-state index contributed by atoms with van der Waals surface area (Å²) in [5, 5.41) is 0. The van der Waals surface area contributed by atoms with Crippen LogP contribution in [0.5, 0.6) is 0 Å². The minimum Gasteiger partial charge on any atom is -0.304 e. The maximum absolute atomic E-state index is 12.5. The van der Waals surface area contributed by atoms with E-state index in [0.29, 0.717) is 23.3 Å². The van der Waals surface area contributed by atoms with Crippen LogP contribution in [0.1, 0.15) is 25.8 Å². The highest BCUT2D eigenvalue weighted by Crippen LogP contribution is 2.33. The minimum absolute atomic E-state index is 0.0572. The fourth-order valence-corrected chi connectivity index (χ4v) is 2.89. The number of hydrogen-bond donors (Lipinski definition) is 0. The van der Waals surface area contributed by atoms with Gasteiger partial charge in [-0.15, -0.1) is 0 Å². The van der Waals surface area contributed by atoms with E-state index in [2.05, 4.69) is 0 Å². The topological polar surface area (TPSA) is 54.5 Å². The van der Waals surface area contributed by atoms with Crippen molar-refractivity contribution in [3.63, 3.8) is 0 Å². The zero-order chi connectivity index (χ0) is 17.1. The lowest BCUT2D eigenvalue weighted by Crippen LogP contribution is -2.43. The van der Waals surface area contributed by atoms with Gasteiger partial charge in [0.1, 0.15) is 0 Å². The fourth-order valence-electron chi connectivity index (χ4n) is 2.09. The molecule has 0 N–H and O–H groups in total. The average Bonchev–Trinajstić information content (AvgIpc) is 2.45. The largest absolute Gasteiger partial charge is 0.471 e. The van der Waals surface area contributed by atoms with Crippen LogP contribution in [0.15, 0.2) is 23.1 Å². The standard InChI is InChI=1S/C11H9ClF3NO3S.C2H6/c12-20(18,19)8-3-4-9-7(6-8)2-1-5-16(9)10(17)11(13,14)15;1-2/h3-4,6H,1-2,5H2;1-2H3. The first-order chi connectivity index (χ1) is 10.1. The average molecular weight is 358 g/mol. The Hall–Kier alpha value is -1.28. The maximum atomic E-state index is 12.5. The number of nitrogens with zero attached hydrogens (tertiary/aromatic N) is 1. The number of aryl methyl sites for hydroxylation is 1. The van der Waals surface area contributed by atoms with Crippen LogP contribution in [-0.2, 0) is 20.3 Å². The molecule has 2 rings (SSSR count). The van der Waals surface area contributed by atoms with Crippen LogP contribution < -0.4 is 4.90 Å². The van der Waals surface area contributed by atoms with Crippen molar-refractivity contribution in [1.29, 1.82) is 0 Å². The molecule has 0 unspecified atom stereocenters. The van der Waals surface area contributed by atoms with Crippen molar-refractivity contribution in [2.24, 2.45) is 0 Å². The van der Waals surface area contributed by atoms with Crippen molar-refractivity contribution < 1.29 is 26.4 Å². The van der Waals surface area contributed by atoms with Gasteiger partial charge in [0.15, 0.2) is 0 Å². The highest BCUT2D eigenvalue weighted by Gasteiger charge is 2.44. The second-order valence-electron chi connectivity index (χ2n) is 4.29. The summed E-state index contributed by atoms with van der Waals surface area (Å²) in [7, 11) is 1.23. The molecule has 0 aliphatic carbocycles. The zero-order valence-electron chi connectivity index (χ0n) is 11.9. The molecule has 1 aliphatic rings. The van der Waals surface area contributed by atoms with Gasteiger partial charge < -0.3 is 4.90 Å². The van der Waals surface area contributed by atoms with Gasteiger partial charge in [-0.1, -0.05) is 13.8 Å². The monoisotopic (exact) mass is 357 g/mol. The molecule has 1 heterocycles. The fraction of sp³-hybridized carbons (Fsp3) is 0.462. The number of amides is 1. The van der Waals surface area contributed by atoms with E-state index < -0.39 is 21.1 Å². The third-order valence-corrected chi connectivity index (χ3v) is 4.29. The second kappa shape index (κ2) is 6.87. The Kier molecular flexibility index (Phi) is 5.86. The van der Waals surface area contributed by atoms with Gasteiger partial charge >= 0.3 is 12.1 Å². The van der Waals surface area contributed by atoms with Crippen LogP contribution in [0.25, 0.3) is 0 Å². The van der Waals surface area contributed by atoms with Crippen LogP contribution in [-0.4, -0.2) is 27.0 Å². The third-order valence-electron chi connectivity index (χ3n) is 2.94. The molecule has 0 bridgehead atoms. The first-order valence-electron chi connectivity index (χ1n) is 6.57. The normalized spacial score (nSPS) is 14.7. The lowest BCUT2D eigenvalue weighted by atomic mass is 10.0. The highest BCUT2D eigenvalue weighted by atomic mass is 35.7. The Morgan fingerprint density at radius 3 is 2.36 bits per heavy atom. The maximum Gasteiger partial charge on any atom is 0.471 e. The molecule has 0 saturated heterocycles.